The van der Waals surface area contributed by atoms with Crippen LogP contribution in [-0.4, -0.2) is 38.8 Å². The van der Waals surface area contributed by atoms with Crippen molar-refractivity contribution in [3.8, 4) is 11.1 Å². The van der Waals surface area contributed by atoms with E-state index in [1.54, 1.807) is 12.4 Å². The molecule has 0 spiro atoms. The Bertz CT molecular complexity index is 822. The number of Topliss-reactive ketones (excluding diaryl/α,β-unsaturated/α-hetero) is 1. The Morgan fingerprint density at radius 2 is 1.96 bits per heavy atom. The molecule has 0 radical (unpaired) electrons. The van der Waals surface area contributed by atoms with Crippen molar-refractivity contribution < 1.29 is 9.90 Å². The Morgan fingerprint density at radius 1 is 1.21 bits per heavy atom. The number of nitrogens with two attached hydrogens (primary N) is 1. The van der Waals surface area contributed by atoms with E-state index in [1.165, 1.54) is 0 Å². The van der Waals surface area contributed by atoms with Gasteiger partial charge < -0.3 is 16.2 Å². The summed E-state index contributed by atoms with van der Waals surface area (Å²) >= 11 is 0. The first kappa shape index (κ1) is 19.9. The van der Waals surface area contributed by atoms with Crippen molar-refractivity contribution in [3.63, 3.8) is 0 Å². The second kappa shape index (κ2) is 9.41. The van der Waals surface area contributed by atoms with Crippen LogP contribution in [0.5, 0.6) is 0 Å². The third kappa shape index (κ3) is 5.60. The molecular weight excluding hydrogens is 354 g/mol. The summed E-state index contributed by atoms with van der Waals surface area (Å²) in [5, 5.41) is 20.5. The van der Waals surface area contributed by atoms with E-state index in [1.807, 2.05) is 24.3 Å². The number of aliphatic hydroxyl groups is 1. The Morgan fingerprint density at radius 3 is 2.68 bits per heavy atom. The van der Waals surface area contributed by atoms with E-state index in [0.717, 1.165) is 42.4 Å². The molecule has 2 unspecified atom stereocenters. The summed E-state index contributed by atoms with van der Waals surface area (Å²) in [6.07, 6.45) is 8.09. The molecule has 1 saturated carbocycles. The normalized spacial score (nSPS) is 19.2. The van der Waals surface area contributed by atoms with Crippen molar-refractivity contribution in [1.82, 2.24) is 9.97 Å². The van der Waals surface area contributed by atoms with E-state index in [2.05, 4.69) is 15.3 Å². The summed E-state index contributed by atoms with van der Waals surface area (Å²) in [5.41, 5.74) is 8.20. The van der Waals surface area contributed by atoms with E-state index in [4.69, 9.17) is 11.1 Å². The number of hydrogen-bond donors (Lipinski definition) is 4. The molecule has 5 N–H and O–H groups in total. The fraction of sp³-hybridized carbons (Fsp3) is 0.429. The second-order valence-corrected chi connectivity index (χ2v) is 7.34. The highest BCUT2D eigenvalue weighted by molar-refractivity contribution is 5.98. The molecule has 2 aromatic rings. The number of aryl methyl sites for hydroxylation is 1. The maximum absolute atomic E-state index is 11.7. The molecule has 1 aromatic heterocycles. The molecule has 1 aromatic carbocycles. The number of benzene rings is 1. The maximum Gasteiger partial charge on any atom is 0.222 e. The SMILES string of the molecule is N=C(N)CC(=O)CCc1cccc(-c2cnc(NC3CCCCC3O)nc2)c1. The van der Waals surface area contributed by atoms with Gasteiger partial charge in [-0.15, -0.1) is 0 Å². The summed E-state index contributed by atoms with van der Waals surface area (Å²) in [7, 11) is 0. The van der Waals surface area contributed by atoms with E-state index in [9.17, 15) is 9.90 Å². The van der Waals surface area contributed by atoms with Crippen molar-refractivity contribution in [1.29, 1.82) is 5.41 Å². The summed E-state index contributed by atoms with van der Waals surface area (Å²) < 4.78 is 0. The van der Waals surface area contributed by atoms with Gasteiger partial charge in [0.05, 0.1) is 24.4 Å². The lowest BCUT2D eigenvalue weighted by Gasteiger charge is -2.28. The van der Waals surface area contributed by atoms with Crippen LogP contribution >= 0.6 is 0 Å². The summed E-state index contributed by atoms with van der Waals surface area (Å²) in [5.74, 6) is 0.410. The van der Waals surface area contributed by atoms with Gasteiger partial charge >= 0.3 is 0 Å². The number of anilines is 1. The largest absolute Gasteiger partial charge is 0.391 e. The fourth-order valence-corrected chi connectivity index (χ4v) is 3.49. The van der Waals surface area contributed by atoms with Gasteiger partial charge in [-0.2, -0.15) is 0 Å². The molecule has 1 aliphatic rings. The number of nitrogens with one attached hydrogen (secondary N) is 2. The van der Waals surface area contributed by atoms with Crippen LogP contribution in [0.2, 0.25) is 0 Å². The van der Waals surface area contributed by atoms with Crippen molar-refractivity contribution in [2.75, 3.05) is 5.32 Å². The molecule has 0 aliphatic heterocycles. The predicted molar refractivity (Wildman–Crippen MR) is 109 cm³/mol. The predicted octanol–water partition coefficient (Wildman–Crippen LogP) is 2.69. The van der Waals surface area contributed by atoms with Crippen LogP contribution in [0.1, 0.15) is 44.1 Å². The van der Waals surface area contributed by atoms with E-state index in [-0.39, 0.29) is 30.2 Å². The van der Waals surface area contributed by atoms with Crippen LogP contribution in [0.15, 0.2) is 36.7 Å². The van der Waals surface area contributed by atoms with E-state index < -0.39 is 0 Å². The van der Waals surface area contributed by atoms with Gasteiger partial charge in [0.15, 0.2) is 0 Å². The summed E-state index contributed by atoms with van der Waals surface area (Å²) in [6, 6.07) is 7.95. The number of nitrogens with zero attached hydrogens (tertiary/aromatic N) is 2. The Balaban J connectivity index is 1.62. The monoisotopic (exact) mass is 381 g/mol. The van der Waals surface area contributed by atoms with Gasteiger partial charge in [0.1, 0.15) is 5.78 Å². The number of aromatic nitrogens is 2. The first-order valence-corrected chi connectivity index (χ1v) is 9.72. The average Bonchev–Trinajstić information content (AvgIpc) is 2.68. The Hall–Kier alpha value is -2.80. The first-order chi connectivity index (χ1) is 13.5. The zero-order valence-electron chi connectivity index (χ0n) is 15.9. The molecule has 0 bridgehead atoms. The minimum atomic E-state index is -0.348. The molecule has 2 atom stereocenters. The molecular formula is C21H27N5O2. The molecule has 1 aliphatic carbocycles. The van der Waals surface area contributed by atoms with E-state index >= 15 is 0 Å². The number of rotatable bonds is 8. The summed E-state index contributed by atoms with van der Waals surface area (Å²) in [4.78, 5) is 20.5. The number of aliphatic hydroxyl groups excluding tert-OH is 1. The minimum Gasteiger partial charge on any atom is -0.391 e. The van der Waals surface area contributed by atoms with Crippen molar-refractivity contribution in [2.24, 2.45) is 5.73 Å². The fourth-order valence-electron chi connectivity index (χ4n) is 3.49. The molecule has 148 valence electrons. The van der Waals surface area contributed by atoms with Crippen LogP contribution in [0.3, 0.4) is 0 Å². The van der Waals surface area contributed by atoms with Gasteiger partial charge in [0.25, 0.3) is 0 Å². The highest BCUT2D eigenvalue weighted by atomic mass is 16.3. The summed E-state index contributed by atoms with van der Waals surface area (Å²) in [6.45, 7) is 0. The van der Waals surface area contributed by atoms with Crippen molar-refractivity contribution in [3.05, 3.63) is 42.2 Å². The maximum atomic E-state index is 11.7. The number of carbonyl (C=O) groups is 1. The number of hydrogen-bond acceptors (Lipinski definition) is 6. The lowest BCUT2D eigenvalue weighted by Crippen LogP contribution is -2.36. The van der Waals surface area contributed by atoms with Crippen LogP contribution in [0.4, 0.5) is 5.95 Å². The quantitative estimate of drug-likeness (QED) is 0.411. The average molecular weight is 381 g/mol. The smallest absolute Gasteiger partial charge is 0.222 e. The Kier molecular flexibility index (Phi) is 6.71. The van der Waals surface area contributed by atoms with Gasteiger partial charge in [-0.25, -0.2) is 9.97 Å². The van der Waals surface area contributed by atoms with Gasteiger partial charge in [0.2, 0.25) is 5.95 Å². The zero-order valence-corrected chi connectivity index (χ0v) is 15.9. The number of ketones is 1. The molecule has 28 heavy (non-hydrogen) atoms. The zero-order chi connectivity index (χ0) is 19.9. The van der Waals surface area contributed by atoms with Crippen LogP contribution in [-0.2, 0) is 11.2 Å². The highest BCUT2D eigenvalue weighted by Gasteiger charge is 2.23. The third-order valence-electron chi connectivity index (χ3n) is 5.04. The van der Waals surface area contributed by atoms with Gasteiger partial charge in [0, 0.05) is 24.4 Å². The minimum absolute atomic E-state index is 0.00969. The van der Waals surface area contributed by atoms with Crippen LogP contribution in [0.25, 0.3) is 11.1 Å². The topological polar surface area (TPSA) is 125 Å². The van der Waals surface area contributed by atoms with Crippen LogP contribution in [0, 0.1) is 5.41 Å². The van der Waals surface area contributed by atoms with Crippen molar-refractivity contribution in [2.45, 2.75) is 57.1 Å². The van der Waals surface area contributed by atoms with Gasteiger partial charge in [-0.1, -0.05) is 37.1 Å². The first-order valence-electron chi connectivity index (χ1n) is 9.72. The highest BCUT2D eigenvalue weighted by Crippen LogP contribution is 2.23. The third-order valence-corrected chi connectivity index (χ3v) is 5.04. The Labute approximate surface area is 164 Å². The molecule has 3 rings (SSSR count). The second-order valence-electron chi connectivity index (χ2n) is 7.34. The molecule has 1 fully saturated rings. The van der Waals surface area contributed by atoms with Gasteiger partial charge in [-0.3, -0.25) is 10.2 Å². The standard InChI is InChI=1S/C21H27N5O2/c22-20(23)11-17(27)9-8-14-4-3-5-15(10-14)16-12-24-21(25-13-16)26-18-6-1-2-7-19(18)28/h3-5,10,12-13,18-19,28H,1-2,6-9,11H2,(H3,22,23)(H,24,25,26). The lowest BCUT2D eigenvalue weighted by atomic mass is 9.93. The number of carbonyl (C=O) groups excluding carboxylic acids is 1. The van der Waals surface area contributed by atoms with E-state index in [0.29, 0.717) is 18.8 Å². The lowest BCUT2D eigenvalue weighted by molar-refractivity contribution is -0.117. The van der Waals surface area contributed by atoms with Gasteiger partial charge in [-0.05, 0) is 30.4 Å². The van der Waals surface area contributed by atoms with Crippen molar-refractivity contribution >= 4 is 17.6 Å². The molecule has 7 heteroatoms. The molecule has 1 heterocycles. The molecule has 0 amide bonds. The number of amidine groups is 1. The van der Waals surface area contributed by atoms with Crippen LogP contribution < -0.4 is 11.1 Å². The molecule has 7 nitrogen and oxygen atoms in total. The molecule has 0 saturated heterocycles.